The quantitative estimate of drug-likeness (QED) is 0.781. The van der Waals surface area contributed by atoms with Crippen molar-refractivity contribution < 1.29 is 5.11 Å². The molecule has 3 rings (SSSR count). The molecule has 2 aromatic carbocycles. The second-order valence-corrected chi connectivity index (χ2v) is 5.05. The maximum atomic E-state index is 10.6. The molecule has 0 radical (unpaired) electrons. The largest absolute Gasteiger partial charge is 0.382 e. The van der Waals surface area contributed by atoms with Gasteiger partial charge in [-0.25, -0.2) is 0 Å². The van der Waals surface area contributed by atoms with E-state index in [-0.39, 0.29) is 0 Å². The molecular formula is C17H11ClN2O. The summed E-state index contributed by atoms with van der Waals surface area (Å²) in [4.78, 5) is 4.26. The van der Waals surface area contributed by atoms with E-state index in [1.165, 1.54) is 6.20 Å². The van der Waals surface area contributed by atoms with Crippen molar-refractivity contribution in [3.05, 3.63) is 76.6 Å². The van der Waals surface area contributed by atoms with Crippen molar-refractivity contribution in [2.45, 2.75) is 6.10 Å². The number of aliphatic hydroxyl groups is 1. The highest BCUT2D eigenvalue weighted by molar-refractivity contribution is 6.31. The number of nitriles is 1. The summed E-state index contributed by atoms with van der Waals surface area (Å²) in [6.07, 6.45) is 0.550. The van der Waals surface area contributed by atoms with Crippen LogP contribution in [0.25, 0.3) is 10.8 Å². The van der Waals surface area contributed by atoms with Gasteiger partial charge in [0.2, 0.25) is 0 Å². The molecular weight excluding hydrogens is 284 g/mol. The molecule has 0 aliphatic heterocycles. The first kappa shape index (κ1) is 13.6. The fourth-order valence-corrected chi connectivity index (χ4v) is 2.60. The van der Waals surface area contributed by atoms with Gasteiger partial charge in [-0.05, 0) is 6.07 Å². The van der Waals surface area contributed by atoms with Crippen LogP contribution in [0.3, 0.4) is 0 Å². The molecule has 0 saturated heterocycles. The second kappa shape index (κ2) is 5.53. The third-order valence-electron chi connectivity index (χ3n) is 3.41. The van der Waals surface area contributed by atoms with Crippen molar-refractivity contribution in [2.75, 3.05) is 0 Å². The number of fused-ring (bicyclic) bond motifs is 1. The Hall–Kier alpha value is -2.41. The molecule has 3 aromatic rings. The van der Waals surface area contributed by atoms with Gasteiger partial charge in [-0.1, -0.05) is 54.1 Å². The summed E-state index contributed by atoms with van der Waals surface area (Å²) in [5, 5.41) is 21.8. The van der Waals surface area contributed by atoms with E-state index in [1.54, 1.807) is 12.1 Å². The van der Waals surface area contributed by atoms with Gasteiger partial charge < -0.3 is 5.11 Å². The molecule has 4 heteroatoms. The predicted molar refractivity (Wildman–Crippen MR) is 82.0 cm³/mol. The molecule has 0 saturated carbocycles. The molecule has 1 heterocycles. The highest BCUT2D eigenvalue weighted by Crippen LogP contribution is 2.31. The molecule has 1 unspecified atom stereocenters. The van der Waals surface area contributed by atoms with Crippen LogP contribution in [0.1, 0.15) is 22.9 Å². The highest BCUT2D eigenvalue weighted by Gasteiger charge is 2.18. The highest BCUT2D eigenvalue weighted by atomic mass is 35.5. The van der Waals surface area contributed by atoms with E-state index in [0.29, 0.717) is 21.8 Å². The van der Waals surface area contributed by atoms with Crippen LogP contribution < -0.4 is 0 Å². The molecule has 0 aliphatic rings. The zero-order chi connectivity index (χ0) is 14.8. The lowest BCUT2D eigenvalue weighted by atomic mass is 9.99. The Morgan fingerprint density at radius 2 is 1.71 bits per heavy atom. The summed E-state index contributed by atoms with van der Waals surface area (Å²) in [7, 11) is 0. The van der Waals surface area contributed by atoms with Crippen LogP contribution in [0.4, 0.5) is 0 Å². The smallest absolute Gasteiger partial charge is 0.123 e. The summed E-state index contributed by atoms with van der Waals surface area (Å²) in [5.41, 5.74) is 1.58. The lowest BCUT2D eigenvalue weighted by Crippen LogP contribution is -2.04. The van der Waals surface area contributed by atoms with Crippen molar-refractivity contribution in [2.24, 2.45) is 0 Å². The van der Waals surface area contributed by atoms with Crippen LogP contribution >= 0.6 is 11.6 Å². The Bertz CT molecular complexity index is 855. The molecule has 0 aliphatic carbocycles. The van der Waals surface area contributed by atoms with Crippen LogP contribution in [0, 0.1) is 11.3 Å². The van der Waals surface area contributed by atoms with E-state index in [9.17, 15) is 5.11 Å². The number of nitrogens with zero attached hydrogens (tertiary/aromatic N) is 2. The van der Waals surface area contributed by atoms with Gasteiger partial charge in [-0.15, -0.1) is 0 Å². The summed E-state index contributed by atoms with van der Waals surface area (Å²) in [5.74, 6) is 0. The first-order chi connectivity index (χ1) is 10.2. The van der Waals surface area contributed by atoms with Crippen LogP contribution in [0.5, 0.6) is 0 Å². The zero-order valence-corrected chi connectivity index (χ0v) is 11.7. The third kappa shape index (κ3) is 2.36. The van der Waals surface area contributed by atoms with Crippen molar-refractivity contribution in [3.8, 4) is 6.07 Å². The minimum atomic E-state index is -0.934. The second-order valence-electron chi connectivity index (χ2n) is 4.64. The number of rotatable bonds is 2. The number of benzene rings is 2. The van der Waals surface area contributed by atoms with Crippen molar-refractivity contribution >= 4 is 22.4 Å². The Labute approximate surface area is 127 Å². The molecule has 3 nitrogen and oxygen atoms in total. The number of aliphatic hydroxyl groups excluding tert-OH is 1. The first-order valence-corrected chi connectivity index (χ1v) is 6.80. The van der Waals surface area contributed by atoms with E-state index >= 15 is 0 Å². The molecule has 1 aromatic heterocycles. The maximum Gasteiger partial charge on any atom is 0.123 e. The normalized spacial score (nSPS) is 12.0. The lowest BCUT2D eigenvalue weighted by Gasteiger charge is -2.15. The molecule has 0 amide bonds. The van der Waals surface area contributed by atoms with Gasteiger partial charge >= 0.3 is 0 Å². The van der Waals surface area contributed by atoms with Gasteiger partial charge in [-0.3, -0.25) is 4.98 Å². The van der Waals surface area contributed by atoms with E-state index in [2.05, 4.69) is 11.1 Å². The standard InChI is InChI=1S/C17H11ClN2O/c18-15-8-4-3-7-14(15)17(21)16-13-6-2-1-5-12(13)11(9-19)10-20-16/h1-8,10,17,21H. The zero-order valence-electron chi connectivity index (χ0n) is 11.0. The van der Waals surface area contributed by atoms with E-state index < -0.39 is 6.10 Å². The summed E-state index contributed by atoms with van der Waals surface area (Å²) >= 11 is 6.14. The van der Waals surface area contributed by atoms with E-state index in [1.807, 2.05) is 36.4 Å². The van der Waals surface area contributed by atoms with Gasteiger partial charge in [0.25, 0.3) is 0 Å². The molecule has 0 bridgehead atoms. The molecule has 0 spiro atoms. The number of hydrogen-bond donors (Lipinski definition) is 1. The molecule has 102 valence electrons. The maximum absolute atomic E-state index is 10.6. The number of pyridine rings is 1. The summed E-state index contributed by atoms with van der Waals surface area (Å²) in [6, 6.07) is 16.6. The SMILES string of the molecule is N#Cc1cnc(C(O)c2ccccc2Cl)c2ccccc12. The molecule has 1 N–H and O–H groups in total. The predicted octanol–water partition coefficient (Wildman–Crippen LogP) is 3.84. The summed E-state index contributed by atoms with van der Waals surface area (Å²) < 4.78 is 0. The van der Waals surface area contributed by atoms with E-state index in [4.69, 9.17) is 16.9 Å². The lowest BCUT2D eigenvalue weighted by molar-refractivity contribution is 0.217. The number of halogens is 1. The first-order valence-electron chi connectivity index (χ1n) is 6.42. The van der Waals surface area contributed by atoms with Crippen molar-refractivity contribution in [1.29, 1.82) is 5.26 Å². The van der Waals surface area contributed by atoms with Crippen LogP contribution in [0.2, 0.25) is 5.02 Å². The van der Waals surface area contributed by atoms with Crippen LogP contribution in [0.15, 0.2) is 54.7 Å². The van der Waals surface area contributed by atoms with Gasteiger partial charge in [-0.2, -0.15) is 5.26 Å². The topological polar surface area (TPSA) is 56.9 Å². The average molecular weight is 295 g/mol. The van der Waals surface area contributed by atoms with Gasteiger partial charge in [0.15, 0.2) is 0 Å². The van der Waals surface area contributed by atoms with E-state index in [0.717, 1.165) is 10.8 Å². The Kier molecular flexibility index (Phi) is 3.57. The monoisotopic (exact) mass is 294 g/mol. The fraction of sp³-hybridized carbons (Fsp3) is 0.0588. The number of hydrogen-bond acceptors (Lipinski definition) is 3. The van der Waals surface area contributed by atoms with Crippen LogP contribution in [-0.4, -0.2) is 10.1 Å². The minimum Gasteiger partial charge on any atom is -0.382 e. The third-order valence-corrected chi connectivity index (χ3v) is 3.75. The minimum absolute atomic E-state index is 0.486. The Morgan fingerprint density at radius 3 is 2.43 bits per heavy atom. The van der Waals surface area contributed by atoms with Gasteiger partial charge in [0, 0.05) is 27.6 Å². The van der Waals surface area contributed by atoms with Gasteiger partial charge in [0.05, 0.1) is 11.3 Å². The summed E-state index contributed by atoms with van der Waals surface area (Å²) in [6.45, 7) is 0. The fourth-order valence-electron chi connectivity index (χ4n) is 2.37. The van der Waals surface area contributed by atoms with Gasteiger partial charge in [0.1, 0.15) is 12.2 Å². The van der Waals surface area contributed by atoms with Crippen molar-refractivity contribution in [3.63, 3.8) is 0 Å². The Balaban J connectivity index is 2.22. The van der Waals surface area contributed by atoms with Crippen LogP contribution in [-0.2, 0) is 0 Å². The number of aromatic nitrogens is 1. The molecule has 21 heavy (non-hydrogen) atoms. The average Bonchev–Trinajstić information content (AvgIpc) is 2.53. The van der Waals surface area contributed by atoms with Crippen molar-refractivity contribution in [1.82, 2.24) is 4.98 Å². The molecule has 1 atom stereocenters. The Morgan fingerprint density at radius 1 is 1.05 bits per heavy atom. The molecule has 0 fully saturated rings.